The van der Waals surface area contributed by atoms with Gasteiger partial charge in [-0.25, -0.2) is 0 Å². The molecule has 0 aliphatic carbocycles. The van der Waals surface area contributed by atoms with E-state index in [2.05, 4.69) is 78.9 Å². The number of hydrogen-bond acceptors (Lipinski definition) is 3. The topological polar surface area (TPSA) is 27.7 Å². The van der Waals surface area contributed by atoms with Crippen molar-refractivity contribution in [3.8, 4) is 5.75 Å². The minimum absolute atomic E-state index is 0.208. The van der Waals surface area contributed by atoms with E-state index in [1.54, 1.807) is 21.3 Å². The molecule has 0 heterocycles. The van der Waals surface area contributed by atoms with Gasteiger partial charge in [0.25, 0.3) is 0 Å². The van der Waals surface area contributed by atoms with Crippen LogP contribution in [0.1, 0.15) is 11.1 Å². The second kappa shape index (κ2) is 9.16. The molecule has 3 nitrogen and oxygen atoms in total. The van der Waals surface area contributed by atoms with Gasteiger partial charge in [-0.05, 0) is 0 Å². The number of halogens is 1. The van der Waals surface area contributed by atoms with Gasteiger partial charge in [-0.3, -0.25) is 0 Å². The molecule has 4 aromatic carbocycles. The number of methoxy groups -OCH3 is 3. The summed E-state index contributed by atoms with van der Waals surface area (Å²) < 4.78 is 20.0. The van der Waals surface area contributed by atoms with Crippen LogP contribution in [0.3, 0.4) is 0 Å². The Labute approximate surface area is 187 Å². The van der Waals surface area contributed by atoms with Crippen LogP contribution in [0.2, 0.25) is 0 Å². The SMILES string of the molecule is COc1ccc2cc(C(OC)(OC)c3ccc([I-]c4ccccc4)cc3)ccc2c1. The first-order chi connectivity index (χ1) is 14.7. The van der Waals surface area contributed by atoms with Crippen molar-refractivity contribution in [2.45, 2.75) is 5.79 Å². The molecule has 0 aromatic heterocycles. The van der Waals surface area contributed by atoms with E-state index in [9.17, 15) is 0 Å². The van der Waals surface area contributed by atoms with Gasteiger partial charge in [0.2, 0.25) is 0 Å². The van der Waals surface area contributed by atoms with Crippen LogP contribution >= 0.6 is 0 Å². The van der Waals surface area contributed by atoms with Gasteiger partial charge in [-0.15, -0.1) is 0 Å². The Morgan fingerprint density at radius 1 is 0.600 bits per heavy atom. The van der Waals surface area contributed by atoms with E-state index in [0.717, 1.165) is 27.6 Å². The second-order valence-corrected chi connectivity index (χ2v) is 9.88. The van der Waals surface area contributed by atoms with E-state index in [-0.39, 0.29) is 21.2 Å². The molecule has 0 aliphatic rings. The molecule has 0 spiro atoms. The molecule has 0 radical (unpaired) electrons. The van der Waals surface area contributed by atoms with Gasteiger partial charge in [0.05, 0.1) is 7.11 Å². The van der Waals surface area contributed by atoms with Crippen molar-refractivity contribution < 1.29 is 35.4 Å². The Kier molecular flexibility index (Phi) is 6.37. The predicted molar refractivity (Wildman–Crippen MR) is 116 cm³/mol. The van der Waals surface area contributed by atoms with E-state index < -0.39 is 5.79 Å². The van der Waals surface area contributed by atoms with Gasteiger partial charge >= 0.3 is 181 Å². The van der Waals surface area contributed by atoms with Crippen molar-refractivity contribution in [1.82, 2.24) is 0 Å². The average molecular weight is 511 g/mol. The fourth-order valence-electron chi connectivity index (χ4n) is 3.61. The van der Waals surface area contributed by atoms with Crippen molar-refractivity contribution in [3.05, 3.63) is 109 Å². The third-order valence-electron chi connectivity index (χ3n) is 5.18. The predicted octanol–water partition coefficient (Wildman–Crippen LogP) is 2.47. The van der Waals surface area contributed by atoms with Crippen LogP contribution in [-0.4, -0.2) is 21.3 Å². The van der Waals surface area contributed by atoms with Gasteiger partial charge in [0, 0.05) is 0 Å². The van der Waals surface area contributed by atoms with Crippen LogP contribution in [-0.2, 0) is 15.3 Å². The van der Waals surface area contributed by atoms with Crippen LogP contribution < -0.4 is 25.9 Å². The van der Waals surface area contributed by atoms with Crippen molar-refractivity contribution in [2.75, 3.05) is 21.3 Å². The summed E-state index contributed by atoms with van der Waals surface area (Å²) in [7, 11) is 5.05. The zero-order valence-electron chi connectivity index (χ0n) is 17.3. The summed E-state index contributed by atoms with van der Waals surface area (Å²) >= 11 is -0.208. The molecule has 0 aliphatic heterocycles. The molecule has 4 heteroatoms. The van der Waals surface area contributed by atoms with Crippen molar-refractivity contribution in [1.29, 1.82) is 0 Å². The minimum atomic E-state index is -0.961. The summed E-state index contributed by atoms with van der Waals surface area (Å²) in [6.45, 7) is 0. The standard InChI is InChI=1S/C26H24IO3/c1-28-25-16-10-19-17-22(11-9-20(19)18-25)26(29-2,30-3)21-12-14-24(15-13-21)27-23-7-5-4-6-8-23/h4-18H,1-3H3/q-1. The Morgan fingerprint density at radius 2 is 1.20 bits per heavy atom. The van der Waals surface area contributed by atoms with Gasteiger partial charge in [-0.2, -0.15) is 0 Å². The zero-order chi connectivity index (χ0) is 21.0. The number of fused-ring (bicyclic) bond motifs is 1. The molecule has 154 valence electrons. The summed E-state index contributed by atoms with van der Waals surface area (Å²) in [5.74, 6) is -0.116. The Hall–Kier alpha value is -2.41. The number of benzene rings is 4. The Balaban J connectivity index is 1.69. The molecule has 0 unspecified atom stereocenters. The van der Waals surface area contributed by atoms with E-state index >= 15 is 0 Å². The Bertz CT molecular complexity index is 1120. The third-order valence-corrected chi connectivity index (χ3v) is 7.86. The molecule has 30 heavy (non-hydrogen) atoms. The van der Waals surface area contributed by atoms with E-state index in [1.165, 1.54) is 7.14 Å². The van der Waals surface area contributed by atoms with Gasteiger partial charge in [0.15, 0.2) is 0 Å². The molecular formula is C26H24IO3-. The summed E-state index contributed by atoms with van der Waals surface area (Å²) in [6.07, 6.45) is 0. The number of ether oxygens (including phenoxy) is 3. The van der Waals surface area contributed by atoms with Crippen molar-refractivity contribution in [2.24, 2.45) is 0 Å². The molecule has 0 N–H and O–H groups in total. The normalized spacial score (nSPS) is 11.7. The Morgan fingerprint density at radius 3 is 1.87 bits per heavy atom. The zero-order valence-corrected chi connectivity index (χ0v) is 19.4. The molecule has 4 aromatic rings. The van der Waals surface area contributed by atoms with Crippen LogP contribution in [0, 0.1) is 7.14 Å². The van der Waals surface area contributed by atoms with Crippen LogP contribution in [0.4, 0.5) is 0 Å². The summed E-state index contributed by atoms with van der Waals surface area (Å²) in [5.41, 5.74) is 1.93. The first-order valence-corrected chi connectivity index (χ1v) is 11.8. The maximum absolute atomic E-state index is 5.97. The molecule has 0 fully saturated rings. The maximum atomic E-state index is 5.97. The molecule has 0 bridgehead atoms. The van der Waals surface area contributed by atoms with E-state index in [4.69, 9.17) is 14.2 Å². The fraction of sp³-hybridized carbons (Fsp3) is 0.154. The summed E-state index contributed by atoms with van der Waals surface area (Å²) in [4.78, 5) is 0. The molecule has 0 amide bonds. The van der Waals surface area contributed by atoms with Gasteiger partial charge in [-0.1, -0.05) is 0 Å². The number of rotatable bonds is 7. The van der Waals surface area contributed by atoms with Crippen LogP contribution in [0.25, 0.3) is 10.8 Å². The third kappa shape index (κ3) is 4.08. The molecule has 4 rings (SSSR count). The monoisotopic (exact) mass is 511 g/mol. The number of hydrogen-bond donors (Lipinski definition) is 0. The summed E-state index contributed by atoms with van der Waals surface area (Å²) in [5, 5.41) is 2.22. The van der Waals surface area contributed by atoms with Crippen molar-refractivity contribution >= 4 is 10.8 Å². The van der Waals surface area contributed by atoms with Gasteiger partial charge in [0.1, 0.15) is 0 Å². The molecule has 0 atom stereocenters. The van der Waals surface area contributed by atoms with Gasteiger partial charge < -0.3 is 0 Å². The van der Waals surface area contributed by atoms with E-state index in [0.29, 0.717) is 0 Å². The quantitative estimate of drug-likeness (QED) is 0.282. The van der Waals surface area contributed by atoms with Crippen LogP contribution in [0.5, 0.6) is 5.75 Å². The fourth-order valence-corrected chi connectivity index (χ4v) is 5.83. The summed E-state index contributed by atoms with van der Waals surface area (Å²) in [6, 6.07) is 31.6. The van der Waals surface area contributed by atoms with E-state index in [1.807, 2.05) is 12.1 Å². The molecular weight excluding hydrogens is 487 g/mol. The van der Waals surface area contributed by atoms with Crippen molar-refractivity contribution in [3.63, 3.8) is 0 Å². The first-order valence-electron chi connectivity index (χ1n) is 9.67. The molecule has 0 saturated carbocycles. The van der Waals surface area contributed by atoms with Crippen LogP contribution in [0.15, 0.2) is 91.0 Å². The first kappa shape index (κ1) is 20.8. The average Bonchev–Trinajstić information content (AvgIpc) is 2.81. The second-order valence-electron chi connectivity index (χ2n) is 6.85. The molecule has 0 saturated heterocycles.